The maximum atomic E-state index is 11.1. The molecule has 0 spiro atoms. The number of ether oxygens (including phenoxy) is 2. The highest BCUT2D eigenvalue weighted by atomic mass is 16.6. The minimum Gasteiger partial charge on any atom is -0.459 e. The molecule has 96 valence electrons. The van der Waals surface area contributed by atoms with E-state index in [1.54, 1.807) is 0 Å². The fraction of sp³-hybridized carbons (Fsp3) is 0.500. The molecule has 0 amide bonds. The number of hydrogen-bond donors (Lipinski definition) is 1. The van der Waals surface area contributed by atoms with Gasteiger partial charge in [0, 0.05) is 24.7 Å². The summed E-state index contributed by atoms with van der Waals surface area (Å²) in [5.41, 5.74) is 0. The van der Waals surface area contributed by atoms with Gasteiger partial charge in [0.15, 0.2) is 0 Å². The fourth-order valence-electron chi connectivity index (χ4n) is 0.948. The van der Waals surface area contributed by atoms with Crippen LogP contribution in [0.15, 0.2) is 25.3 Å². The van der Waals surface area contributed by atoms with Gasteiger partial charge in [0.25, 0.3) is 0 Å². The summed E-state index contributed by atoms with van der Waals surface area (Å²) in [5.74, 6) is -1.09. The predicted molar refractivity (Wildman–Crippen MR) is 64.4 cm³/mol. The van der Waals surface area contributed by atoms with Gasteiger partial charge in [0.2, 0.25) is 0 Å². The molecule has 5 heteroatoms. The summed E-state index contributed by atoms with van der Waals surface area (Å²) in [6, 6.07) is 0.245. The SMILES string of the molecule is C=CC(=O)OCC(CNC(C)C)OC(=O)C=C. The molecular weight excluding hydrogens is 222 g/mol. The monoisotopic (exact) mass is 241 g/mol. The zero-order chi connectivity index (χ0) is 13.3. The van der Waals surface area contributed by atoms with Crippen LogP contribution in [0.4, 0.5) is 0 Å². The molecule has 0 bridgehead atoms. The maximum absolute atomic E-state index is 11.1. The van der Waals surface area contributed by atoms with E-state index in [4.69, 9.17) is 9.47 Å². The van der Waals surface area contributed by atoms with Crippen LogP contribution in [0.1, 0.15) is 13.8 Å². The van der Waals surface area contributed by atoms with Crippen molar-refractivity contribution in [1.29, 1.82) is 0 Å². The van der Waals surface area contributed by atoms with E-state index in [-0.39, 0.29) is 12.6 Å². The largest absolute Gasteiger partial charge is 0.459 e. The molecule has 0 rings (SSSR count). The molecular formula is C12H19NO4. The molecule has 5 nitrogen and oxygen atoms in total. The average molecular weight is 241 g/mol. The molecule has 0 aliphatic carbocycles. The second-order valence-corrected chi connectivity index (χ2v) is 3.66. The Morgan fingerprint density at radius 1 is 1.24 bits per heavy atom. The van der Waals surface area contributed by atoms with Crippen LogP contribution in [0.2, 0.25) is 0 Å². The Kier molecular flexibility index (Phi) is 7.71. The Morgan fingerprint density at radius 3 is 2.29 bits per heavy atom. The van der Waals surface area contributed by atoms with Gasteiger partial charge in [-0.05, 0) is 0 Å². The van der Waals surface area contributed by atoms with Crippen LogP contribution >= 0.6 is 0 Å². The molecule has 17 heavy (non-hydrogen) atoms. The van der Waals surface area contributed by atoms with Crippen molar-refractivity contribution in [3.63, 3.8) is 0 Å². The van der Waals surface area contributed by atoms with Crippen molar-refractivity contribution in [2.24, 2.45) is 0 Å². The zero-order valence-electron chi connectivity index (χ0n) is 10.3. The Morgan fingerprint density at radius 2 is 1.82 bits per heavy atom. The summed E-state index contributed by atoms with van der Waals surface area (Å²) < 4.78 is 9.84. The van der Waals surface area contributed by atoms with Gasteiger partial charge in [0.1, 0.15) is 12.7 Å². The Balaban J connectivity index is 4.18. The normalized spacial score (nSPS) is 11.7. The Hall–Kier alpha value is -1.62. The lowest BCUT2D eigenvalue weighted by molar-refractivity contribution is -0.152. The number of nitrogens with one attached hydrogen (secondary N) is 1. The number of carbonyl (C=O) groups is 2. The summed E-state index contributed by atoms with van der Waals surface area (Å²) >= 11 is 0. The van der Waals surface area contributed by atoms with Gasteiger partial charge in [-0.25, -0.2) is 9.59 Å². The lowest BCUT2D eigenvalue weighted by Gasteiger charge is -2.18. The molecule has 0 aromatic heterocycles. The van der Waals surface area contributed by atoms with Crippen LogP contribution < -0.4 is 5.32 Å². The van der Waals surface area contributed by atoms with Crippen LogP contribution in [0.5, 0.6) is 0 Å². The number of rotatable bonds is 8. The quantitative estimate of drug-likeness (QED) is 0.503. The van der Waals surface area contributed by atoms with E-state index in [9.17, 15) is 9.59 Å². The van der Waals surface area contributed by atoms with Gasteiger partial charge in [-0.3, -0.25) is 0 Å². The Labute approximate surface area is 101 Å². The molecule has 0 aliphatic rings. The van der Waals surface area contributed by atoms with Crippen LogP contribution in [-0.2, 0) is 19.1 Å². The molecule has 0 aliphatic heterocycles. The van der Waals surface area contributed by atoms with E-state index in [1.807, 2.05) is 13.8 Å². The molecule has 0 radical (unpaired) electrons. The van der Waals surface area contributed by atoms with Gasteiger partial charge in [0.05, 0.1) is 0 Å². The second kappa shape index (κ2) is 8.52. The first kappa shape index (κ1) is 15.4. The molecule has 0 saturated carbocycles. The third-order valence-electron chi connectivity index (χ3n) is 1.78. The summed E-state index contributed by atoms with van der Waals surface area (Å²) in [6.07, 6.45) is 1.59. The van der Waals surface area contributed by atoms with E-state index < -0.39 is 18.0 Å². The summed E-state index contributed by atoms with van der Waals surface area (Å²) in [5, 5.41) is 3.09. The topological polar surface area (TPSA) is 64.6 Å². The van der Waals surface area contributed by atoms with Crippen molar-refractivity contribution >= 4 is 11.9 Å². The highest BCUT2D eigenvalue weighted by Crippen LogP contribution is 1.96. The van der Waals surface area contributed by atoms with Crippen LogP contribution in [0.3, 0.4) is 0 Å². The van der Waals surface area contributed by atoms with Crippen molar-refractivity contribution in [2.45, 2.75) is 26.0 Å². The third-order valence-corrected chi connectivity index (χ3v) is 1.78. The van der Waals surface area contributed by atoms with Gasteiger partial charge in [-0.2, -0.15) is 0 Å². The Bertz CT molecular complexity index is 286. The van der Waals surface area contributed by atoms with Gasteiger partial charge in [-0.15, -0.1) is 0 Å². The zero-order valence-corrected chi connectivity index (χ0v) is 10.3. The van der Waals surface area contributed by atoms with Crippen LogP contribution in [0, 0.1) is 0 Å². The average Bonchev–Trinajstić information content (AvgIpc) is 2.31. The van der Waals surface area contributed by atoms with E-state index in [2.05, 4.69) is 18.5 Å². The van der Waals surface area contributed by atoms with Gasteiger partial charge in [-0.1, -0.05) is 27.0 Å². The fourth-order valence-corrected chi connectivity index (χ4v) is 0.948. The van der Waals surface area contributed by atoms with E-state index in [0.29, 0.717) is 6.54 Å². The first-order chi connectivity index (χ1) is 7.99. The van der Waals surface area contributed by atoms with Crippen molar-refractivity contribution in [2.75, 3.05) is 13.2 Å². The van der Waals surface area contributed by atoms with Crippen molar-refractivity contribution in [3.05, 3.63) is 25.3 Å². The van der Waals surface area contributed by atoms with Gasteiger partial charge < -0.3 is 14.8 Å². The van der Waals surface area contributed by atoms with E-state index >= 15 is 0 Å². The van der Waals surface area contributed by atoms with Gasteiger partial charge >= 0.3 is 11.9 Å². The third kappa shape index (κ3) is 8.21. The predicted octanol–water partition coefficient (Wildman–Crippen LogP) is 0.811. The summed E-state index contributed by atoms with van der Waals surface area (Å²) in [6.45, 7) is 10.9. The van der Waals surface area contributed by atoms with Crippen molar-refractivity contribution < 1.29 is 19.1 Å². The molecule has 0 heterocycles. The highest BCUT2D eigenvalue weighted by Gasteiger charge is 2.15. The molecule has 0 fully saturated rings. The van der Waals surface area contributed by atoms with E-state index in [1.165, 1.54) is 0 Å². The highest BCUT2D eigenvalue weighted by molar-refractivity contribution is 5.82. The molecule has 0 saturated heterocycles. The molecule has 0 aromatic carbocycles. The van der Waals surface area contributed by atoms with Crippen molar-refractivity contribution in [3.8, 4) is 0 Å². The molecule has 1 N–H and O–H groups in total. The van der Waals surface area contributed by atoms with Crippen LogP contribution in [-0.4, -0.2) is 37.2 Å². The number of carbonyl (C=O) groups excluding carboxylic acids is 2. The maximum Gasteiger partial charge on any atom is 0.330 e. The molecule has 1 atom stereocenters. The van der Waals surface area contributed by atoms with Crippen molar-refractivity contribution in [1.82, 2.24) is 5.32 Å². The first-order valence-corrected chi connectivity index (χ1v) is 5.35. The standard InChI is InChI=1S/C12H19NO4/c1-5-11(14)16-8-10(7-13-9(3)4)17-12(15)6-2/h5-6,9-10,13H,1-2,7-8H2,3-4H3. The van der Waals surface area contributed by atoms with Crippen LogP contribution in [0.25, 0.3) is 0 Å². The summed E-state index contributed by atoms with van der Waals surface area (Å²) in [4.78, 5) is 21.9. The number of esters is 2. The lowest BCUT2D eigenvalue weighted by atomic mass is 10.3. The lowest BCUT2D eigenvalue weighted by Crippen LogP contribution is -2.37. The smallest absolute Gasteiger partial charge is 0.330 e. The molecule has 0 aromatic rings. The first-order valence-electron chi connectivity index (χ1n) is 5.35. The second-order valence-electron chi connectivity index (χ2n) is 3.66. The minimum absolute atomic E-state index is 0.00977. The minimum atomic E-state index is -0.547. The van der Waals surface area contributed by atoms with E-state index in [0.717, 1.165) is 12.2 Å². The number of hydrogen-bond acceptors (Lipinski definition) is 5. The molecule has 1 unspecified atom stereocenters. The summed E-state index contributed by atoms with van der Waals surface area (Å²) in [7, 11) is 0.